The van der Waals surface area contributed by atoms with Crippen molar-refractivity contribution in [1.29, 1.82) is 0 Å². The molecule has 0 saturated heterocycles. The van der Waals surface area contributed by atoms with Gasteiger partial charge in [0, 0.05) is 21.9 Å². The quantitative estimate of drug-likeness (QED) is 0.495. The molecule has 0 aliphatic carbocycles. The van der Waals surface area contributed by atoms with Crippen LogP contribution >= 0.6 is 15.9 Å². The molecule has 0 aliphatic heterocycles. The third kappa shape index (κ3) is 4.65. The first-order valence-electron chi connectivity index (χ1n) is 8.10. The number of amides is 1. The Labute approximate surface area is 166 Å². The summed E-state index contributed by atoms with van der Waals surface area (Å²) in [6, 6.07) is 14.8. The van der Waals surface area contributed by atoms with Crippen molar-refractivity contribution in [3.05, 3.63) is 76.0 Å². The van der Waals surface area contributed by atoms with E-state index in [2.05, 4.69) is 31.0 Å². The highest BCUT2D eigenvalue weighted by Crippen LogP contribution is 2.24. The van der Waals surface area contributed by atoms with Gasteiger partial charge in [0.15, 0.2) is 15.3 Å². The van der Waals surface area contributed by atoms with Crippen LogP contribution in [0.4, 0.5) is 11.4 Å². The van der Waals surface area contributed by atoms with Gasteiger partial charge in [-0.3, -0.25) is 4.79 Å². The molecule has 3 aromatic rings. The lowest BCUT2D eigenvalue weighted by Gasteiger charge is -2.16. The maximum Gasteiger partial charge on any atom is 0.272 e. The average Bonchev–Trinajstić information content (AvgIpc) is 2.95. The Hall–Kier alpha value is -2.42. The molecule has 6 nitrogen and oxygen atoms in total. The van der Waals surface area contributed by atoms with Gasteiger partial charge in [-0.25, -0.2) is 4.72 Å². The van der Waals surface area contributed by atoms with E-state index in [9.17, 15) is 13.6 Å². The molecule has 0 fully saturated rings. The standard InChI is InChI=1S/C19H18BrN3O3S/c1-12-10-13(2)21-18(12)19(24)22-16-4-3-5-17(11-16)27(25,26)23-15-8-6-14(20)7-9-15/h3-11H,1-2H3,(H3-,21,22,23,24,25,26). The minimum Gasteiger partial charge on any atom is -0.588 e. The van der Waals surface area contributed by atoms with Crippen molar-refractivity contribution in [2.75, 3.05) is 10.0 Å². The number of benzene rings is 2. The first-order chi connectivity index (χ1) is 12.7. The normalized spacial score (nSPS) is 13.0. The van der Waals surface area contributed by atoms with Gasteiger partial charge in [0.2, 0.25) is 0 Å². The van der Waals surface area contributed by atoms with Crippen molar-refractivity contribution in [3.63, 3.8) is 0 Å². The van der Waals surface area contributed by atoms with E-state index in [1.54, 1.807) is 36.4 Å². The number of nitrogens with one attached hydrogen (secondary N) is 3. The van der Waals surface area contributed by atoms with Crippen molar-refractivity contribution < 1.29 is 13.6 Å². The number of sulfonamides is 1. The highest BCUT2D eigenvalue weighted by atomic mass is 79.9. The number of carbonyl (C=O) groups is 1. The first-order valence-corrected chi connectivity index (χ1v) is 10.4. The lowest BCUT2D eigenvalue weighted by Crippen LogP contribution is -2.21. The molecular formula is C19H18BrN3O3S. The van der Waals surface area contributed by atoms with Crippen LogP contribution in [-0.4, -0.2) is 15.4 Å². The highest BCUT2D eigenvalue weighted by molar-refractivity contribution is 9.10. The van der Waals surface area contributed by atoms with Gasteiger partial charge in [-0.1, -0.05) is 26.2 Å². The number of anilines is 2. The van der Waals surface area contributed by atoms with Crippen molar-refractivity contribution in [3.8, 4) is 0 Å². The molecule has 8 heteroatoms. The fourth-order valence-corrected chi connectivity index (χ4v) is 4.00. The Bertz CT molecular complexity index is 1030. The van der Waals surface area contributed by atoms with Gasteiger partial charge in [0.25, 0.3) is 5.91 Å². The largest absolute Gasteiger partial charge is 0.588 e. The minimum atomic E-state index is -3.78. The van der Waals surface area contributed by atoms with Gasteiger partial charge >= 0.3 is 0 Å². The fourth-order valence-electron chi connectivity index (χ4n) is 2.63. The van der Waals surface area contributed by atoms with Crippen molar-refractivity contribution in [2.45, 2.75) is 18.7 Å². The third-order valence-corrected chi connectivity index (χ3v) is 5.78. The molecule has 3 N–H and O–H groups in total. The number of aromatic nitrogens is 1. The van der Waals surface area contributed by atoms with E-state index in [0.29, 0.717) is 17.1 Å². The van der Waals surface area contributed by atoms with E-state index < -0.39 is 10.4 Å². The number of carbonyl (C=O) groups excluding carboxylic acids is 1. The Morgan fingerprint density at radius 2 is 1.78 bits per heavy atom. The molecule has 0 bridgehead atoms. The van der Waals surface area contributed by atoms with Crippen LogP contribution in [0.25, 0.3) is 0 Å². The summed E-state index contributed by atoms with van der Waals surface area (Å²) in [4.78, 5) is 15.5. The average molecular weight is 448 g/mol. The predicted octanol–water partition coefficient (Wildman–Crippen LogP) is 4.66. The SMILES string of the molecule is Cc1cc(C)c(C(=O)Nc2cccc([S+](=O)([O-])Nc3ccc(Br)cc3)c2)[nH]1. The molecule has 1 aromatic heterocycles. The van der Waals surface area contributed by atoms with Crippen molar-refractivity contribution >= 4 is 43.6 Å². The Kier molecular flexibility index (Phi) is 5.50. The summed E-state index contributed by atoms with van der Waals surface area (Å²) in [5.41, 5.74) is 3.00. The molecule has 1 heterocycles. The molecule has 0 spiro atoms. The summed E-state index contributed by atoms with van der Waals surface area (Å²) in [6.45, 7) is 3.70. The zero-order valence-corrected chi connectivity index (χ0v) is 17.1. The maximum atomic E-state index is 12.6. The zero-order valence-electron chi connectivity index (χ0n) is 14.7. The Morgan fingerprint density at radius 1 is 1.07 bits per heavy atom. The van der Waals surface area contributed by atoms with E-state index in [1.165, 1.54) is 12.1 Å². The predicted molar refractivity (Wildman–Crippen MR) is 110 cm³/mol. The highest BCUT2D eigenvalue weighted by Gasteiger charge is 2.21. The molecule has 0 aliphatic rings. The summed E-state index contributed by atoms with van der Waals surface area (Å²) in [5.74, 6) is -0.323. The zero-order chi connectivity index (χ0) is 19.6. The molecular weight excluding hydrogens is 430 g/mol. The number of rotatable bonds is 5. The molecule has 0 saturated carbocycles. The Morgan fingerprint density at radius 3 is 2.41 bits per heavy atom. The summed E-state index contributed by atoms with van der Waals surface area (Å²) in [5, 5.41) is 2.73. The van der Waals surface area contributed by atoms with E-state index in [1.807, 2.05) is 19.9 Å². The Balaban J connectivity index is 1.80. The summed E-state index contributed by atoms with van der Waals surface area (Å²) >= 11 is 3.31. The van der Waals surface area contributed by atoms with Crippen molar-refractivity contribution in [1.82, 2.24) is 4.98 Å². The van der Waals surface area contributed by atoms with Crippen LogP contribution in [-0.2, 0) is 14.6 Å². The van der Waals surface area contributed by atoms with E-state index in [4.69, 9.17) is 0 Å². The topological polar surface area (TPSA) is 97.1 Å². The van der Waals surface area contributed by atoms with Gasteiger partial charge in [-0.2, -0.15) is 0 Å². The minimum absolute atomic E-state index is 0.0580. The van der Waals surface area contributed by atoms with Crippen LogP contribution in [0, 0.1) is 13.8 Å². The van der Waals surface area contributed by atoms with Crippen LogP contribution in [0.3, 0.4) is 0 Å². The van der Waals surface area contributed by atoms with E-state index in [-0.39, 0.29) is 10.8 Å². The van der Waals surface area contributed by atoms with Crippen LogP contribution in [0.1, 0.15) is 21.7 Å². The molecule has 0 radical (unpaired) electrons. The van der Waals surface area contributed by atoms with Gasteiger partial charge in [-0.15, -0.1) is 0 Å². The molecule has 1 unspecified atom stereocenters. The molecule has 1 amide bonds. The number of hydrogen-bond donors (Lipinski definition) is 3. The lowest BCUT2D eigenvalue weighted by atomic mass is 10.2. The van der Waals surface area contributed by atoms with Gasteiger partial charge < -0.3 is 14.9 Å². The summed E-state index contributed by atoms with van der Waals surface area (Å²) in [7, 11) is -3.78. The molecule has 27 heavy (non-hydrogen) atoms. The van der Waals surface area contributed by atoms with Crippen LogP contribution < -0.4 is 10.0 Å². The van der Waals surface area contributed by atoms with Crippen LogP contribution in [0.2, 0.25) is 0 Å². The summed E-state index contributed by atoms with van der Waals surface area (Å²) in [6.07, 6.45) is 0. The van der Waals surface area contributed by atoms with Gasteiger partial charge in [0.1, 0.15) is 5.69 Å². The molecule has 2 aromatic carbocycles. The van der Waals surface area contributed by atoms with E-state index in [0.717, 1.165) is 15.7 Å². The number of aryl methyl sites for hydroxylation is 2. The first kappa shape index (κ1) is 19.3. The molecule has 140 valence electrons. The van der Waals surface area contributed by atoms with Gasteiger partial charge in [0.05, 0.1) is 5.69 Å². The maximum absolute atomic E-state index is 12.6. The van der Waals surface area contributed by atoms with Crippen molar-refractivity contribution in [2.24, 2.45) is 0 Å². The monoisotopic (exact) mass is 447 g/mol. The number of hydrogen-bond acceptors (Lipinski definition) is 3. The van der Waals surface area contributed by atoms with E-state index >= 15 is 0 Å². The second-order valence-corrected chi connectivity index (χ2v) is 8.70. The fraction of sp³-hybridized carbons (Fsp3) is 0.105. The van der Waals surface area contributed by atoms with Crippen LogP contribution in [0.5, 0.6) is 0 Å². The number of H-pyrrole nitrogens is 1. The van der Waals surface area contributed by atoms with Gasteiger partial charge in [-0.05, 0) is 61.9 Å². The third-order valence-electron chi connectivity index (χ3n) is 3.88. The second-order valence-electron chi connectivity index (χ2n) is 6.10. The summed E-state index contributed by atoms with van der Waals surface area (Å²) < 4.78 is 28.6. The number of halogens is 1. The lowest BCUT2D eigenvalue weighted by molar-refractivity contribution is 0.102. The molecule has 1 atom stereocenters. The smallest absolute Gasteiger partial charge is 0.272 e. The number of aromatic amines is 1. The second kappa shape index (κ2) is 7.67. The molecule has 3 rings (SSSR count). The van der Waals surface area contributed by atoms with Crippen LogP contribution in [0.15, 0.2) is 64.0 Å².